The van der Waals surface area contributed by atoms with E-state index in [1.807, 2.05) is 11.3 Å². The van der Waals surface area contributed by atoms with Crippen molar-refractivity contribution < 1.29 is 0 Å². The second-order valence-corrected chi connectivity index (χ2v) is 5.89. The fourth-order valence-electron chi connectivity index (χ4n) is 2.99. The Labute approximate surface area is 96.9 Å². The highest BCUT2D eigenvalue weighted by atomic mass is 32.1. The summed E-state index contributed by atoms with van der Waals surface area (Å²) in [6, 6.07) is 2.88. The molecule has 0 bridgehead atoms. The first-order valence-electron chi connectivity index (χ1n) is 5.95. The molecule has 1 aliphatic rings. The highest BCUT2D eigenvalue weighted by molar-refractivity contribution is 7.10. The fourth-order valence-corrected chi connectivity index (χ4v) is 3.74. The van der Waals surface area contributed by atoms with Gasteiger partial charge in [-0.2, -0.15) is 0 Å². The summed E-state index contributed by atoms with van der Waals surface area (Å²) in [6.45, 7) is 4.65. The third kappa shape index (κ3) is 2.11. The molecular formula is C13H21NS. The molecule has 0 aliphatic heterocycles. The van der Waals surface area contributed by atoms with Crippen LogP contribution >= 0.6 is 11.3 Å². The molecule has 1 fully saturated rings. The van der Waals surface area contributed by atoms with Crippen LogP contribution in [-0.4, -0.2) is 7.05 Å². The van der Waals surface area contributed by atoms with Gasteiger partial charge in [0.15, 0.2) is 0 Å². The van der Waals surface area contributed by atoms with E-state index >= 15 is 0 Å². The predicted molar refractivity (Wildman–Crippen MR) is 67.4 cm³/mol. The van der Waals surface area contributed by atoms with Crippen LogP contribution in [0.25, 0.3) is 0 Å². The van der Waals surface area contributed by atoms with Crippen molar-refractivity contribution in [2.24, 2.45) is 11.8 Å². The maximum absolute atomic E-state index is 3.52. The molecule has 1 N–H and O–H groups in total. The maximum Gasteiger partial charge on any atom is 0.0359 e. The van der Waals surface area contributed by atoms with Gasteiger partial charge in [0, 0.05) is 10.9 Å². The van der Waals surface area contributed by atoms with E-state index in [1.165, 1.54) is 29.7 Å². The van der Waals surface area contributed by atoms with Gasteiger partial charge in [0.1, 0.15) is 0 Å². The zero-order valence-corrected chi connectivity index (χ0v) is 10.7. The number of rotatable bonds is 3. The van der Waals surface area contributed by atoms with Crippen molar-refractivity contribution in [1.29, 1.82) is 0 Å². The van der Waals surface area contributed by atoms with Crippen LogP contribution < -0.4 is 5.32 Å². The molecule has 3 atom stereocenters. The van der Waals surface area contributed by atoms with Crippen molar-refractivity contribution >= 4 is 11.3 Å². The second kappa shape index (κ2) is 4.67. The van der Waals surface area contributed by atoms with Crippen LogP contribution in [0, 0.1) is 18.8 Å². The van der Waals surface area contributed by atoms with E-state index in [9.17, 15) is 0 Å². The Bertz CT molecular complexity index is 318. The summed E-state index contributed by atoms with van der Waals surface area (Å²) in [6.07, 6.45) is 4.21. The average Bonchev–Trinajstić information content (AvgIpc) is 2.80. The van der Waals surface area contributed by atoms with Crippen LogP contribution in [0.1, 0.15) is 42.7 Å². The van der Waals surface area contributed by atoms with E-state index < -0.39 is 0 Å². The first kappa shape index (κ1) is 11.2. The molecule has 0 amide bonds. The second-order valence-electron chi connectivity index (χ2n) is 4.77. The lowest BCUT2D eigenvalue weighted by atomic mass is 9.86. The van der Waals surface area contributed by atoms with E-state index in [2.05, 4.69) is 37.7 Å². The smallest absolute Gasteiger partial charge is 0.0359 e. The normalized spacial score (nSPS) is 28.2. The maximum atomic E-state index is 3.52. The summed E-state index contributed by atoms with van der Waals surface area (Å²) in [5.74, 6) is 1.71. The highest BCUT2D eigenvalue weighted by Crippen LogP contribution is 2.41. The van der Waals surface area contributed by atoms with Gasteiger partial charge in [0.25, 0.3) is 0 Å². The largest absolute Gasteiger partial charge is 0.313 e. The summed E-state index contributed by atoms with van der Waals surface area (Å²) in [7, 11) is 2.10. The molecule has 15 heavy (non-hydrogen) atoms. The summed E-state index contributed by atoms with van der Waals surface area (Å²) < 4.78 is 0. The third-order valence-corrected chi connectivity index (χ3v) is 4.76. The Morgan fingerprint density at radius 3 is 2.73 bits per heavy atom. The fraction of sp³-hybridized carbons (Fsp3) is 0.692. The quantitative estimate of drug-likeness (QED) is 0.823. The summed E-state index contributed by atoms with van der Waals surface area (Å²) in [5, 5.41) is 5.74. The van der Waals surface area contributed by atoms with Crippen LogP contribution in [0.5, 0.6) is 0 Å². The molecule has 84 valence electrons. The molecule has 1 saturated carbocycles. The molecule has 0 saturated heterocycles. The van der Waals surface area contributed by atoms with Gasteiger partial charge in [-0.1, -0.05) is 19.8 Å². The van der Waals surface area contributed by atoms with Crippen molar-refractivity contribution in [1.82, 2.24) is 5.32 Å². The Balaban J connectivity index is 2.20. The lowest BCUT2D eigenvalue weighted by molar-refractivity contribution is 0.315. The number of hydrogen-bond acceptors (Lipinski definition) is 2. The summed E-state index contributed by atoms with van der Waals surface area (Å²) >= 11 is 1.87. The van der Waals surface area contributed by atoms with E-state index in [0.29, 0.717) is 6.04 Å². The lowest BCUT2D eigenvalue weighted by Gasteiger charge is -2.27. The first-order valence-corrected chi connectivity index (χ1v) is 6.83. The molecule has 0 aromatic carbocycles. The molecule has 2 heteroatoms. The third-order valence-electron chi connectivity index (χ3n) is 3.90. The number of nitrogens with one attached hydrogen (secondary N) is 1. The van der Waals surface area contributed by atoms with Gasteiger partial charge in [0.05, 0.1) is 0 Å². The minimum atomic E-state index is 0.578. The number of thiophene rings is 1. The first-order chi connectivity index (χ1) is 7.24. The lowest BCUT2D eigenvalue weighted by Crippen LogP contribution is -2.26. The number of hydrogen-bond donors (Lipinski definition) is 1. The van der Waals surface area contributed by atoms with Crippen molar-refractivity contribution in [2.45, 2.75) is 39.2 Å². The van der Waals surface area contributed by atoms with Crippen molar-refractivity contribution in [3.63, 3.8) is 0 Å². The molecule has 0 radical (unpaired) electrons. The SMILES string of the molecule is CNC(c1ccsc1C)C1CCCC1C. The Morgan fingerprint density at radius 2 is 2.27 bits per heavy atom. The Kier molecular flexibility index (Phi) is 3.47. The van der Waals surface area contributed by atoms with Crippen molar-refractivity contribution in [3.8, 4) is 0 Å². The van der Waals surface area contributed by atoms with Gasteiger partial charge in [-0.15, -0.1) is 11.3 Å². The molecule has 0 spiro atoms. The van der Waals surface area contributed by atoms with Gasteiger partial charge in [0.2, 0.25) is 0 Å². The Hall–Kier alpha value is -0.340. The van der Waals surface area contributed by atoms with Crippen LogP contribution in [0.2, 0.25) is 0 Å². The van der Waals surface area contributed by atoms with Crippen molar-refractivity contribution in [3.05, 3.63) is 21.9 Å². The molecule has 1 aromatic heterocycles. The van der Waals surface area contributed by atoms with Crippen LogP contribution in [0.15, 0.2) is 11.4 Å². The standard InChI is InChI=1S/C13H21NS/c1-9-5-4-6-11(9)13(14-3)12-7-8-15-10(12)2/h7-9,11,13-14H,4-6H2,1-3H3. The average molecular weight is 223 g/mol. The molecule has 1 heterocycles. The molecule has 1 aliphatic carbocycles. The van der Waals surface area contributed by atoms with E-state index in [4.69, 9.17) is 0 Å². The summed E-state index contributed by atoms with van der Waals surface area (Å²) in [5.41, 5.74) is 1.53. The van der Waals surface area contributed by atoms with Crippen LogP contribution in [-0.2, 0) is 0 Å². The molecule has 1 nitrogen and oxygen atoms in total. The van der Waals surface area contributed by atoms with Gasteiger partial charge in [-0.05, 0) is 49.2 Å². The number of aryl methyl sites for hydroxylation is 1. The van der Waals surface area contributed by atoms with Gasteiger partial charge in [-0.3, -0.25) is 0 Å². The van der Waals surface area contributed by atoms with E-state index in [1.54, 1.807) is 0 Å². The molecule has 3 unspecified atom stereocenters. The van der Waals surface area contributed by atoms with Crippen LogP contribution in [0.3, 0.4) is 0 Å². The van der Waals surface area contributed by atoms with Crippen LogP contribution in [0.4, 0.5) is 0 Å². The molecular weight excluding hydrogens is 202 g/mol. The van der Waals surface area contributed by atoms with Gasteiger partial charge >= 0.3 is 0 Å². The van der Waals surface area contributed by atoms with E-state index in [0.717, 1.165) is 11.8 Å². The van der Waals surface area contributed by atoms with Gasteiger partial charge in [-0.25, -0.2) is 0 Å². The monoisotopic (exact) mass is 223 g/mol. The minimum Gasteiger partial charge on any atom is -0.313 e. The predicted octanol–water partition coefficient (Wildman–Crippen LogP) is 3.75. The topological polar surface area (TPSA) is 12.0 Å². The summed E-state index contributed by atoms with van der Waals surface area (Å²) in [4.78, 5) is 1.48. The zero-order valence-electron chi connectivity index (χ0n) is 9.92. The van der Waals surface area contributed by atoms with Crippen molar-refractivity contribution in [2.75, 3.05) is 7.05 Å². The minimum absolute atomic E-state index is 0.578. The highest BCUT2D eigenvalue weighted by Gasteiger charge is 2.31. The van der Waals surface area contributed by atoms with E-state index in [-0.39, 0.29) is 0 Å². The Morgan fingerprint density at radius 1 is 1.47 bits per heavy atom. The van der Waals surface area contributed by atoms with Gasteiger partial charge < -0.3 is 5.32 Å². The molecule has 2 rings (SSSR count). The molecule has 1 aromatic rings. The zero-order chi connectivity index (χ0) is 10.8.